The maximum absolute atomic E-state index is 12.7. The smallest absolute Gasteiger partial charge is 0.150 e. The molecule has 0 aliphatic carbocycles. The highest BCUT2D eigenvalue weighted by atomic mass is 19.1. The van der Waals surface area contributed by atoms with Crippen molar-refractivity contribution in [3.8, 4) is 0 Å². The van der Waals surface area contributed by atoms with Crippen molar-refractivity contribution in [2.45, 2.75) is 6.92 Å². The molecule has 0 aromatic heterocycles. The maximum Gasteiger partial charge on any atom is 0.150 e. The standard InChI is InChI=1S/C14H12FNO/c1-10-11(9-17)3-2-4-14(10)16-13-7-5-12(15)6-8-13/h2-9,16H,1H3. The van der Waals surface area contributed by atoms with E-state index in [1.54, 1.807) is 18.2 Å². The lowest BCUT2D eigenvalue weighted by Crippen LogP contribution is -1.96. The molecule has 0 heterocycles. The summed E-state index contributed by atoms with van der Waals surface area (Å²) < 4.78 is 12.7. The van der Waals surface area contributed by atoms with Gasteiger partial charge in [-0.3, -0.25) is 4.79 Å². The first-order valence-electron chi connectivity index (χ1n) is 5.28. The van der Waals surface area contributed by atoms with Crippen LogP contribution in [0.1, 0.15) is 15.9 Å². The van der Waals surface area contributed by atoms with Crippen molar-refractivity contribution in [1.82, 2.24) is 0 Å². The average molecular weight is 229 g/mol. The van der Waals surface area contributed by atoms with Crippen LogP contribution in [0.2, 0.25) is 0 Å². The van der Waals surface area contributed by atoms with Gasteiger partial charge in [-0.1, -0.05) is 12.1 Å². The van der Waals surface area contributed by atoms with Crippen LogP contribution in [0.25, 0.3) is 0 Å². The molecule has 0 aliphatic heterocycles. The molecule has 0 saturated carbocycles. The van der Waals surface area contributed by atoms with Crippen LogP contribution in [-0.2, 0) is 0 Å². The third-order valence-electron chi connectivity index (χ3n) is 2.63. The van der Waals surface area contributed by atoms with Gasteiger partial charge in [0.15, 0.2) is 0 Å². The normalized spacial score (nSPS) is 10.0. The molecule has 2 aromatic rings. The highest BCUT2D eigenvalue weighted by molar-refractivity contribution is 5.81. The first-order valence-corrected chi connectivity index (χ1v) is 5.28. The zero-order valence-corrected chi connectivity index (χ0v) is 9.41. The van der Waals surface area contributed by atoms with Gasteiger partial charge in [0.1, 0.15) is 12.1 Å². The minimum absolute atomic E-state index is 0.270. The lowest BCUT2D eigenvalue weighted by Gasteiger charge is -2.10. The number of anilines is 2. The summed E-state index contributed by atoms with van der Waals surface area (Å²) >= 11 is 0. The molecular weight excluding hydrogens is 217 g/mol. The van der Waals surface area contributed by atoms with Crippen molar-refractivity contribution in [2.24, 2.45) is 0 Å². The van der Waals surface area contributed by atoms with Crippen LogP contribution in [0.15, 0.2) is 42.5 Å². The number of carbonyl (C=O) groups excluding carboxylic acids is 1. The molecule has 2 nitrogen and oxygen atoms in total. The summed E-state index contributed by atoms with van der Waals surface area (Å²) in [7, 11) is 0. The van der Waals surface area contributed by atoms with Crippen molar-refractivity contribution in [1.29, 1.82) is 0 Å². The van der Waals surface area contributed by atoms with Crippen LogP contribution >= 0.6 is 0 Å². The Morgan fingerprint density at radius 1 is 1.12 bits per heavy atom. The minimum Gasteiger partial charge on any atom is -0.355 e. The van der Waals surface area contributed by atoms with Gasteiger partial charge in [-0.05, 0) is 42.8 Å². The van der Waals surface area contributed by atoms with Crippen LogP contribution in [0.3, 0.4) is 0 Å². The number of rotatable bonds is 3. The van der Waals surface area contributed by atoms with Gasteiger partial charge in [0.05, 0.1) is 0 Å². The van der Waals surface area contributed by atoms with E-state index in [0.29, 0.717) is 5.56 Å². The van der Waals surface area contributed by atoms with Gasteiger partial charge < -0.3 is 5.32 Å². The highest BCUT2D eigenvalue weighted by Gasteiger charge is 2.03. The zero-order chi connectivity index (χ0) is 12.3. The predicted octanol–water partition coefficient (Wildman–Crippen LogP) is 3.69. The van der Waals surface area contributed by atoms with Crippen LogP contribution in [0.4, 0.5) is 15.8 Å². The fourth-order valence-electron chi connectivity index (χ4n) is 1.61. The van der Waals surface area contributed by atoms with Crippen molar-refractivity contribution < 1.29 is 9.18 Å². The van der Waals surface area contributed by atoms with Crippen LogP contribution < -0.4 is 5.32 Å². The van der Waals surface area contributed by atoms with Gasteiger partial charge in [0.25, 0.3) is 0 Å². The third kappa shape index (κ3) is 2.50. The van der Waals surface area contributed by atoms with Crippen molar-refractivity contribution >= 4 is 17.7 Å². The van der Waals surface area contributed by atoms with E-state index in [1.165, 1.54) is 12.1 Å². The Labute approximate surface area is 99.1 Å². The van der Waals surface area contributed by atoms with Crippen LogP contribution in [-0.4, -0.2) is 6.29 Å². The lowest BCUT2D eigenvalue weighted by atomic mass is 10.1. The summed E-state index contributed by atoms with van der Waals surface area (Å²) in [6, 6.07) is 11.5. The molecule has 0 atom stereocenters. The fourth-order valence-corrected chi connectivity index (χ4v) is 1.61. The van der Waals surface area contributed by atoms with Gasteiger partial charge in [0.2, 0.25) is 0 Å². The number of halogens is 1. The molecular formula is C14H12FNO. The summed E-state index contributed by atoms with van der Waals surface area (Å²) in [5, 5.41) is 3.15. The number of benzene rings is 2. The highest BCUT2D eigenvalue weighted by Crippen LogP contribution is 2.22. The summed E-state index contributed by atoms with van der Waals surface area (Å²) in [4.78, 5) is 10.8. The molecule has 0 fully saturated rings. The average Bonchev–Trinajstić information content (AvgIpc) is 2.35. The number of carbonyl (C=O) groups is 1. The SMILES string of the molecule is Cc1c(C=O)cccc1Nc1ccc(F)cc1. The van der Waals surface area contributed by atoms with Gasteiger partial charge >= 0.3 is 0 Å². The number of hydrogen-bond donors (Lipinski definition) is 1. The fraction of sp³-hybridized carbons (Fsp3) is 0.0714. The van der Waals surface area contributed by atoms with Crippen molar-refractivity contribution in [3.05, 3.63) is 59.4 Å². The number of hydrogen-bond acceptors (Lipinski definition) is 2. The molecule has 17 heavy (non-hydrogen) atoms. The van der Waals surface area contributed by atoms with E-state index < -0.39 is 0 Å². The summed E-state index contributed by atoms with van der Waals surface area (Å²) in [6.07, 6.45) is 0.825. The molecule has 0 radical (unpaired) electrons. The Kier molecular flexibility index (Phi) is 3.19. The molecule has 3 heteroatoms. The van der Waals surface area contributed by atoms with E-state index in [2.05, 4.69) is 5.32 Å². The molecule has 0 aliphatic rings. The first-order chi connectivity index (χ1) is 8.20. The van der Waals surface area contributed by atoms with E-state index >= 15 is 0 Å². The molecule has 0 spiro atoms. The molecule has 86 valence electrons. The first kappa shape index (κ1) is 11.3. The summed E-state index contributed by atoms with van der Waals surface area (Å²) in [6.45, 7) is 1.87. The second-order valence-corrected chi connectivity index (χ2v) is 3.77. The molecule has 0 bridgehead atoms. The molecule has 2 rings (SSSR count). The van der Waals surface area contributed by atoms with E-state index in [-0.39, 0.29) is 5.82 Å². The topological polar surface area (TPSA) is 29.1 Å². The Morgan fingerprint density at radius 3 is 2.47 bits per heavy atom. The Hall–Kier alpha value is -2.16. The number of aldehydes is 1. The zero-order valence-electron chi connectivity index (χ0n) is 9.41. The lowest BCUT2D eigenvalue weighted by molar-refractivity contribution is 0.112. The van der Waals surface area contributed by atoms with Crippen LogP contribution in [0.5, 0.6) is 0 Å². The predicted molar refractivity (Wildman–Crippen MR) is 66.2 cm³/mol. The van der Waals surface area contributed by atoms with Gasteiger partial charge in [0, 0.05) is 16.9 Å². The van der Waals surface area contributed by atoms with Gasteiger partial charge in [-0.15, -0.1) is 0 Å². The second kappa shape index (κ2) is 4.78. The largest absolute Gasteiger partial charge is 0.355 e. The van der Waals surface area contributed by atoms with E-state index in [1.807, 2.05) is 19.1 Å². The minimum atomic E-state index is -0.270. The Balaban J connectivity index is 2.30. The molecule has 2 aromatic carbocycles. The third-order valence-corrected chi connectivity index (χ3v) is 2.63. The monoisotopic (exact) mass is 229 g/mol. The molecule has 0 unspecified atom stereocenters. The van der Waals surface area contributed by atoms with E-state index in [9.17, 15) is 9.18 Å². The number of nitrogens with one attached hydrogen (secondary N) is 1. The van der Waals surface area contributed by atoms with Crippen molar-refractivity contribution in [3.63, 3.8) is 0 Å². The quantitative estimate of drug-likeness (QED) is 0.813. The second-order valence-electron chi connectivity index (χ2n) is 3.77. The maximum atomic E-state index is 12.7. The summed E-state index contributed by atoms with van der Waals surface area (Å²) in [5.74, 6) is -0.270. The van der Waals surface area contributed by atoms with Gasteiger partial charge in [-0.25, -0.2) is 4.39 Å². The Morgan fingerprint density at radius 2 is 1.82 bits per heavy atom. The molecule has 1 N–H and O–H groups in total. The van der Waals surface area contributed by atoms with Crippen molar-refractivity contribution in [2.75, 3.05) is 5.32 Å². The van der Waals surface area contributed by atoms with E-state index in [4.69, 9.17) is 0 Å². The molecule has 0 saturated heterocycles. The van der Waals surface area contributed by atoms with E-state index in [0.717, 1.165) is 23.2 Å². The molecule has 0 amide bonds. The van der Waals surface area contributed by atoms with Crippen LogP contribution in [0, 0.1) is 12.7 Å². The summed E-state index contributed by atoms with van der Waals surface area (Å²) in [5.41, 5.74) is 3.17. The van der Waals surface area contributed by atoms with Gasteiger partial charge in [-0.2, -0.15) is 0 Å². The Bertz CT molecular complexity index is 534.